The standard InChI is InChI=1S/C24H27NO2/c1-19(26)24(27)23(22-15-9-4-10-16-22)25(17-20-11-5-2-6-12-20)18-21-13-7-3-8-14-21/h2-16,19,23-24,26-27H,17-18H2,1H3/t19-,23+,24-/m0/s1. The lowest BCUT2D eigenvalue weighted by Crippen LogP contribution is -2.41. The van der Waals surface area contributed by atoms with Gasteiger partial charge in [0, 0.05) is 13.1 Å². The maximum absolute atomic E-state index is 10.9. The van der Waals surface area contributed by atoms with Gasteiger partial charge in [0.2, 0.25) is 0 Å². The highest BCUT2D eigenvalue weighted by Crippen LogP contribution is 2.29. The van der Waals surface area contributed by atoms with E-state index in [1.54, 1.807) is 6.92 Å². The first kappa shape index (κ1) is 19.3. The number of rotatable bonds is 8. The first-order valence-electron chi connectivity index (χ1n) is 9.38. The zero-order valence-corrected chi connectivity index (χ0v) is 15.6. The third-order valence-corrected chi connectivity index (χ3v) is 4.81. The molecule has 0 aliphatic rings. The van der Waals surface area contributed by atoms with Gasteiger partial charge in [0.15, 0.2) is 0 Å². The van der Waals surface area contributed by atoms with Gasteiger partial charge in [0.1, 0.15) is 0 Å². The van der Waals surface area contributed by atoms with E-state index < -0.39 is 12.2 Å². The number of nitrogens with zero attached hydrogens (tertiary/aromatic N) is 1. The first-order chi connectivity index (χ1) is 13.1. The summed E-state index contributed by atoms with van der Waals surface area (Å²) in [5, 5.41) is 21.0. The molecule has 0 radical (unpaired) electrons. The Morgan fingerprint density at radius 1 is 0.667 bits per heavy atom. The van der Waals surface area contributed by atoms with Crippen molar-refractivity contribution in [2.24, 2.45) is 0 Å². The number of hydrogen-bond acceptors (Lipinski definition) is 3. The second-order valence-corrected chi connectivity index (χ2v) is 6.96. The Balaban J connectivity index is 1.98. The fourth-order valence-electron chi connectivity index (χ4n) is 3.43. The third-order valence-electron chi connectivity index (χ3n) is 4.81. The molecule has 0 aromatic heterocycles. The van der Waals surface area contributed by atoms with E-state index in [4.69, 9.17) is 0 Å². The molecule has 0 fully saturated rings. The minimum atomic E-state index is -0.889. The van der Waals surface area contributed by atoms with Crippen LogP contribution in [-0.2, 0) is 13.1 Å². The molecule has 3 atom stereocenters. The quantitative estimate of drug-likeness (QED) is 0.633. The fourth-order valence-corrected chi connectivity index (χ4v) is 3.43. The Morgan fingerprint density at radius 2 is 1.07 bits per heavy atom. The maximum Gasteiger partial charge on any atom is 0.0992 e. The summed E-state index contributed by atoms with van der Waals surface area (Å²) in [4.78, 5) is 2.23. The van der Waals surface area contributed by atoms with E-state index in [0.717, 1.165) is 5.56 Å². The fraction of sp³-hybridized carbons (Fsp3) is 0.250. The molecule has 0 amide bonds. The van der Waals surface area contributed by atoms with Crippen molar-refractivity contribution in [1.82, 2.24) is 4.90 Å². The Morgan fingerprint density at radius 3 is 1.48 bits per heavy atom. The molecule has 0 saturated carbocycles. The van der Waals surface area contributed by atoms with E-state index in [2.05, 4.69) is 29.2 Å². The summed E-state index contributed by atoms with van der Waals surface area (Å²) in [6.45, 7) is 3.00. The van der Waals surface area contributed by atoms with Gasteiger partial charge < -0.3 is 10.2 Å². The van der Waals surface area contributed by atoms with Gasteiger partial charge in [-0.05, 0) is 23.6 Å². The van der Waals surface area contributed by atoms with Crippen molar-refractivity contribution < 1.29 is 10.2 Å². The van der Waals surface area contributed by atoms with Gasteiger partial charge in [-0.2, -0.15) is 0 Å². The Bertz CT molecular complexity index is 749. The van der Waals surface area contributed by atoms with Crippen LogP contribution in [0.5, 0.6) is 0 Å². The minimum Gasteiger partial charge on any atom is -0.391 e. The van der Waals surface area contributed by atoms with Crippen molar-refractivity contribution >= 4 is 0 Å². The van der Waals surface area contributed by atoms with Crippen molar-refractivity contribution in [2.75, 3.05) is 0 Å². The zero-order valence-electron chi connectivity index (χ0n) is 15.6. The number of benzene rings is 3. The Labute approximate surface area is 161 Å². The molecule has 2 N–H and O–H groups in total. The molecule has 3 aromatic rings. The van der Waals surface area contributed by atoms with Crippen LogP contribution in [0.2, 0.25) is 0 Å². The Hall–Kier alpha value is -2.46. The molecular weight excluding hydrogens is 334 g/mol. The third kappa shape index (κ3) is 5.27. The van der Waals surface area contributed by atoms with E-state index >= 15 is 0 Å². The zero-order chi connectivity index (χ0) is 19.1. The van der Waals surface area contributed by atoms with E-state index in [1.165, 1.54) is 11.1 Å². The van der Waals surface area contributed by atoms with Crippen molar-refractivity contribution in [1.29, 1.82) is 0 Å². The predicted octanol–water partition coefficient (Wildman–Crippen LogP) is 4.17. The van der Waals surface area contributed by atoms with Gasteiger partial charge in [0.05, 0.1) is 18.2 Å². The second-order valence-electron chi connectivity index (χ2n) is 6.96. The normalized spacial score (nSPS) is 14.7. The van der Waals surface area contributed by atoms with Crippen LogP contribution in [0.15, 0.2) is 91.0 Å². The number of aliphatic hydroxyl groups is 2. The molecule has 3 nitrogen and oxygen atoms in total. The molecule has 0 aliphatic heterocycles. The second kappa shape index (κ2) is 9.47. The summed E-state index contributed by atoms with van der Waals surface area (Å²) in [6, 6.07) is 30.1. The van der Waals surface area contributed by atoms with Gasteiger partial charge in [-0.25, -0.2) is 0 Å². The van der Waals surface area contributed by atoms with E-state index in [9.17, 15) is 10.2 Å². The molecule has 140 valence electrons. The highest BCUT2D eigenvalue weighted by molar-refractivity contribution is 5.23. The summed E-state index contributed by atoms with van der Waals surface area (Å²) in [5.41, 5.74) is 3.34. The van der Waals surface area contributed by atoms with Gasteiger partial charge in [-0.15, -0.1) is 0 Å². The summed E-state index contributed by atoms with van der Waals surface area (Å²) in [6.07, 6.45) is -1.72. The van der Waals surface area contributed by atoms with Crippen LogP contribution < -0.4 is 0 Å². The lowest BCUT2D eigenvalue weighted by atomic mass is 9.95. The topological polar surface area (TPSA) is 43.7 Å². The lowest BCUT2D eigenvalue weighted by Gasteiger charge is -2.36. The number of aliphatic hydroxyl groups excluding tert-OH is 2. The smallest absolute Gasteiger partial charge is 0.0992 e. The monoisotopic (exact) mass is 361 g/mol. The molecular formula is C24H27NO2. The minimum absolute atomic E-state index is 0.313. The summed E-state index contributed by atoms with van der Waals surface area (Å²) in [7, 11) is 0. The summed E-state index contributed by atoms with van der Waals surface area (Å²) < 4.78 is 0. The van der Waals surface area contributed by atoms with E-state index in [1.807, 2.05) is 66.7 Å². The van der Waals surface area contributed by atoms with E-state index in [-0.39, 0.29) is 6.04 Å². The summed E-state index contributed by atoms with van der Waals surface area (Å²) >= 11 is 0. The van der Waals surface area contributed by atoms with Gasteiger partial charge in [-0.1, -0.05) is 91.0 Å². The molecule has 0 saturated heterocycles. The largest absolute Gasteiger partial charge is 0.391 e. The molecule has 3 heteroatoms. The molecule has 3 rings (SSSR count). The van der Waals surface area contributed by atoms with E-state index in [0.29, 0.717) is 13.1 Å². The predicted molar refractivity (Wildman–Crippen MR) is 109 cm³/mol. The van der Waals surface area contributed by atoms with Crippen LogP contribution in [0, 0.1) is 0 Å². The average Bonchev–Trinajstić information content (AvgIpc) is 2.70. The van der Waals surface area contributed by atoms with Crippen molar-refractivity contribution in [3.05, 3.63) is 108 Å². The van der Waals surface area contributed by atoms with Crippen LogP contribution >= 0.6 is 0 Å². The molecule has 0 aliphatic carbocycles. The van der Waals surface area contributed by atoms with Gasteiger partial charge in [0.25, 0.3) is 0 Å². The molecule has 3 aromatic carbocycles. The molecule has 0 unspecified atom stereocenters. The molecule has 27 heavy (non-hydrogen) atoms. The van der Waals surface area contributed by atoms with Crippen LogP contribution in [0.3, 0.4) is 0 Å². The van der Waals surface area contributed by atoms with Crippen LogP contribution in [-0.4, -0.2) is 27.3 Å². The first-order valence-corrected chi connectivity index (χ1v) is 9.38. The maximum atomic E-state index is 10.9. The summed E-state index contributed by atoms with van der Waals surface area (Å²) in [5.74, 6) is 0. The van der Waals surface area contributed by atoms with Crippen LogP contribution in [0.25, 0.3) is 0 Å². The Kier molecular flexibility index (Phi) is 6.77. The van der Waals surface area contributed by atoms with Gasteiger partial charge >= 0.3 is 0 Å². The molecule has 0 bridgehead atoms. The number of hydrogen-bond donors (Lipinski definition) is 2. The van der Waals surface area contributed by atoms with Crippen LogP contribution in [0.1, 0.15) is 29.7 Å². The van der Waals surface area contributed by atoms with Crippen molar-refractivity contribution in [3.8, 4) is 0 Å². The highest BCUT2D eigenvalue weighted by Gasteiger charge is 2.31. The SMILES string of the molecule is C[C@H](O)[C@H](O)[C@@H](c1ccccc1)N(Cc1ccccc1)Cc1ccccc1. The average molecular weight is 361 g/mol. The van der Waals surface area contributed by atoms with Crippen LogP contribution in [0.4, 0.5) is 0 Å². The van der Waals surface area contributed by atoms with Crippen molar-refractivity contribution in [2.45, 2.75) is 38.3 Å². The molecule has 0 heterocycles. The highest BCUT2D eigenvalue weighted by atomic mass is 16.3. The lowest BCUT2D eigenvalue weighted by molar-refractivity contribution is -0.0375. The molecule has 0 spiro atoms. The van der Waals surface area contributed by atoms with Crippen molar-refractivity contribution in [3.63, 3.8) is 0 Å². The van der Waals surface area contributed by atoms with Gasteiger partial charge in [-0.3, -0.25) is 4.90 Å².